The molecule has 8 nitrogen and oxygen atoms in total. The molecule has 1 saturated carbocycles. The molecule has 0 saturated heterocycles. The van der Waals surface area contributed by atoms with Crippen molar-refractivity contribution in [1.82, 2.24) is 20.2 Å². The Bertz CT molecular complexity index is 1060. The number of hydrogen-bond donors (Lipinski definition) is 1. The topological polar surface area (TPSA) is 91.2 Å². The van der Waals surface area contributed by atoms with Crippen molar-refractivity contribution in [1.29, 1.82) is 0 Å². The Labute approximate surface area is 181 Å². The van der Waals surface area contributed by atoms with Gasteiger partial charge in [-0.05, 0) is 66.3 Å². The number of nitrogens with zero attached hydrogens (tertiary/aromatic N) is 4. The molecule has 0 unspecified atom stereocenters. The van der Waals surface area contributed by atoms with E-state index in [0.29, 0.717) is 23.0 Å². The lowest BCUT2D eigenvalue weighted by molar-refractivity contribution is 0.0600. The number of aromatic nitrogens is 4. The van der Waals surface area contributed by atoms with Crippen molar-refractivity contribution in [3.05, 3.63) is 59.9 Å². The van der Waals surface area contributed by atoms with Crippen LogP contribution < -0.4 is 10.1 Å². The lowest BCUT2D eigenvalue weighted by Gasteiger charge is -2.40. The molecule has 1 heterocycles. The fourth-order valence-corrected chi connectivity index (χ4v) is 4.25. The summed E-state index contributed by atoms with van der Waals surface area (Å²) in [6, 6.07) is 15.0. The number of nitrogens with one attached hydrogen (secondary N) is 1. The molecule has 4 rings (SSSR count). The number of tetrazole rings is 1. The van der Waals surface area contributed by atoms with Gasteiger partial charge in [0.2, 0.25) is 0 Å². The second-order valence-electron chi connectivity index (χ2n) is 8.01. The molecule has 1 aliphatic carbocycles. The molecule has 2 aromatic carbocycles. The molecule has 1 fully saturated rings. The SMILES string of the molecule is COC(=O)c1ccccc1-n1nnnc1C1(Nc2ccccc2OC)CCC(C)CC1. The van der Waals surface area contributed by atoms with Gasteiger partial charge in [-0.3, -0.25) is 0 Å². The molecule has 0 atom stereocenters. The maximum atomic E-state index is 12.4. The van der Waals surface area contributed by atoms with Crippen LogP contribution in [0.1, 0.15) is 48.8 Å². The highest BCUT2D eigenvalue weighted by Gasteiger charge is 2.41. The van der Waals surface area contributed by atoms with Crippen LogP contribution in [-0.2, 0) is 10.3 Å². The molecule has 31 heavy (non-hydrogen) atoms. The molecule has 0 radical (unpaired) electrons. The van der Waals surface area contributed by atoms with Gasteiger partial charge in [-0.1, -0.05) is 31.2 Å². The summed E-state index contributed by atoms with van der Waals surface area (Å²) in [6.45, 7) is 2.27. The van der Waals surface area contributed by atoms with E-state index in [-0.39, 0.29) is 0 Å². The van der Waals surface area contributed by atoms with Crippen molar-refractivity contribution in [3.63, 3.8) is 0 Å². The molecule has 162 valence electrons. The van der Waals surface area contributed by atoms with Gasteiger partial charge in [0, 0.05) is 0 Å². The Morgan fingerprint density at radius 2 is 1.81 bits per heavy atom. The van der Waals surface area contributed by atoms with Crippen LogP contribution in [-0.4, -0.2) is 40.4 Å². The molecular formula is C23H27N5O3. The van der Waals surface area contributed by atoms with E-state index in [9.17, 15) is 4.79 Å². The molecule has 3 aromatic rings. The van der Waals surface area contributed by atoms with E-state index in [0.717, 1.165) is 37.1 Å². The van der Waals surface area contributed by atoms with Crippen LogP contribution in [0.5, 0.6) is 5.75 Å². The van der Waals surface area contributed by atoms with Crippen LogP contribution in [0.2, 0.25) is 0 Å². The fourth-order valence-electron chi connectivity index (χ4n) is 4.25. The average molecular weight is 422 g/mol. The molecule has 1 N–H and O–H groups in total. The quantitative estimate of drug-likeness (QED) is 0.602. The van der Waals surface area contributed by atoms with Crippen LogP contribution in [0, 0.1) is 5.92 Å². The third-order valence-electron chi connectivity index (χ3n) is 6.04. The van der Waals surface area contributed by atoms with Gasteiger partial charge >= 0.3 is 5.97 Å². The molecule has 0 spiro atoms. The molecule has 0 bridgehead atoms. The molecular weight excluding hydrogens is 394 g/mol. The van der Waals surface area contributed by atoms with Crippen LogP contribution in [0.3, 0.4) is 0 Å². The summed E-state index contributed by atoms with van der Waals surface area (Å²) < 4.78 is 12.2. The summed E-state index contributed by atoms with van der Waals surface area (Å²) in [4.78, 5) is 12.4. The molecule has 1 aromatic heterocycles. The van der Waals surface area contributed by atoms with E-state index >= 15 is 0 Å². The van der Waals surface area contributed by atoms with E-state index in [4.69, 9.17) is 9.47 Å². The van der Waals surface area contributed by atoms with Gasteiger partial charge < -0.3 is 14.8 Å². The number of esters is 1. The first-order valence-corrected chi connectivity index (χ1v) is 10.5. The van der Waals surface area contributed by atoms with Crippen LogP contribution in [0.15, 0.2) is 48.5 Å². The Balaban J connectivity index is 1.82. The minimum atomic E-state index is -0.506. The number of hydrogen-bond acceptors (Lipinski definition) is 7. The Morgan fingerprint density at radius 1 is 1.10 bits per heavy atom. The van der Waals surface area contributed by atoms with E-state index in [1.807, 2.05) is 36.4 Å². The van der Waals surface area contributed by atoms with E-state index in [1.165, 1.54) is 7.11 Å². The number of carbonyl (C=O) groups excluding carboxylic acids is 1. The summed E-state index contributed by atoms with van der Waals surface area (Å²) in [5, 5.41) is 16.4. The summed E-state index contributed by atoms with van der Waals surface area (Å²) in [7, 11) is 3.03. The zero-order valence-corrected chi connectivity index (χ0v) is 18.0. The minimum absolute atomic E-state index is 0.412. The summed E-state index contributed by atoms with van der Waals surface area (Å²) >= 11 is 0. The molecule has 0 amide bonds. The minimum Gasteiger partial charge on any atom is -0.495 e. The first-order valence-electron chi connectivity index (χ1n) is 10.5. The van der Waals surface area contributed by atoms with Crippen LogP contribution in [0.4, 0.5) is 5.69 Å². The number of carbonyl (C=O) groups is 1. The predicted octanol–water partition coefficient (Wildman–Crippen LogP) is 3.98. The van der Waals surface area contributed by atoms with Gasteiger partial charge in [0.15, 0.2) is 5.82 Å². The van der Waals surface area contributed by atoms with Crippen molar-refractivity contribution in [2.24, 2.45) is 5.92 Å². The normalized spacial score (nSPS) is 20.8. The molecule has 8 heteroatoms. The smallest absolute Gasteiger partial charge is 0.340 e. The maximum absolute atomic E-state index is 12.4. The van der Waals surface area contributed by atoms with Crippen molar-refractivity contribution < 1.29 is 14.3 Å². The van der Waals surface area contributed by atoms with Gasteiger partial charge in [-0.15, -0.1) is 5.10 Å². The lowest BCUT2D eigenvalue weighted by Crippen LogP contribution is -2.41. The molecule has 0 aliphatic heterocycles. The summed E-state index contributed by atoms with van der Waals surface area (Å²) in [5.41, 5.74) is 1.38. The van der Waals surface area contributed by atoms with E-state index < -0.39 is 11.5 Å². The standard InChI is InChI=1S/C23H27N5O3/c1-16-12-14-23(15-13-16,24-18-9-5-7-11-20(18)30-2)22-25-26-27-28(22)19-10-6-4-8-17(19)21(29)31-3/h4-11,16,24H,12-15H2,1-3H3. The van der Waals surface area contributed by atoms with Gasteiger partial charge in [0.25, 0.3) is 0 Å². The highest BCUT2D eigenvalue weighted by Crippen LogP contribution is 2.43. The second-order valence-corrected chi connectivity index (χ2v) is 8.01. The Morgan fingerprint density at radius 3 is 2.55 bits per heavy atom. The second kappa shape index (κ2) is 8.75. The first-order chi connectivity index (χ1) is 15.1. The van der Waals surface area contributed by atoms with Crippen molar-refractivity contribution in [3.8, 4) is 11.4 Å². The van der Waals surface area contributed by atoms with Gasteiger partial charge in [-0.2, -0.15) is 4.68 Å². The zero-order chi connectivity index (χ0) is 21.8. The van der Waals surface area contributed by atoms with E-state index in [1.54, 1.807) is 23.9 Å². The van der Waals surface area contributed by atoms with Gasteiger partial charge in [0.1, 0.15) is 5.75 Å². The van der Waals surface area contributed by atoms with Crippen molar-refractivity contribution >= 4 is 11.7 Å². The summed E-state index contributed by atoms with van der Waals surface area (Å²) in [6.07, 6.45) is 3.78. The largest absolute Gasteiger partial charge is 0.495 e. The lowest BCUT2D eigenvalue weighted by atomic mass is 9.76. The highest BCUT2D eigenvalue weighted by atomic mass is 16.5. The van der Waals surface area contributed by atoms with E-state index in [2.05, 4.69) is 27.8 Å². The Hall–Kier alpha value is -3.42. The average Bonchev–Trinajstić information content (AvgIpc) is 3.31. The van der Waals surface area contributed by atoms with Crippen molar-refractivity contribution in [2.45, 2.75) is 38.1 Å². The Kier molecular flexibility index (Phi) is 5.88. The molecule has 1 aliphatic rings. The third-order valence-corrected chi connectivity index (χ3v) is 6.04. The number of benzene rings is 2. The fraction of sp³-hybridized carbons (Fsp3) is 0.391. The van der Waals surface area contributed by atoms with Gasteiger partial charge in [0.05, 0.1) is 36.7 Å². The highest BCUT2D eigenvalue weighted by molar-refractivity contribution is 5.93. The van der Waals surface area contributed by atoms with Gasteiger partial charge in [-0.25, -0.2) is 4.79 Å². The number of ether oxygens (including phenoxy) is 2. The van der Waals surface area contributed by atoms with Crippen LogP contribution in [0.25, 0.3) is 5.69 Å². The number of rotatable bonds is 6. The van der Waals surface area contributed by atoms with Crippen LogP contribution >= 0.6 is 0 Å². The number of para-hydroxylation sites is 3. The third kappa shape index (κ3) is 3.97. The van der Waals surface area contributed by atoms with Crippen molar-refractivity contribution in [2.75, 3.05) is 19.5 Å². The predicted molar refractivity (Wildman–Crippen MR) is 116 cm³/mol. The monoisotopic (exact) mass is 421 g/mol. The maximum Gasteiger partial charge on any atom is 0.340 e. The number of anilines is 1. The first kappa shape index (κ1) is 20.8. The zero-order valence-electron chi connectivity index (χ0n) is 18.0. The summed E-state index contributed by atoms with van der Waals surface area (Å²) in [5.74, 6) is 1.62. The number of methoxy groups -OCH3 is 2.